The third kappa shape index (κ3) is 4.98. The average molecular weight is 374 g/mol. The topological polar surface area (TPSA) is 46.9 Å². The summed E-state index contributed by atoms with van der Waals surface area (Å²) in [5, 5.41) is 7.99. The van der Waals surface area contributed by atoms with E-state index in [4.69, 9.17) is 11.6 Å². The maximum absolute atomic E-state index is 12.4. The highest BCUT2D eigenvalue weighted by Crippen LogP contribution is 2.29. The average Bonchev–Trinajstić information content (AvgIpc) is 2.78. The molecule has 4 nitrogen and oxygen atoms in total. The Hall–Kier alpha value is -2.07. The molecular formula is C21H28ClN3O. The first-order valence-corrected chi connectivity index (χ1v) is 9.29. The number of nitrogens with one attached hydrogen (secondary N) is 1. The van der Waals surface area contributed by atoms with Crippen LogP contribution in [0.15, 0.2) is 30.3 Å². The van der Waals surface area contributed by atoms with E-state index in [-0.39, 0.29) is 11.3 Å². The number of halogens is 1. The highest BCUT2D eigenvalue weighted by molar-refractivity contribution is 6.31. The molecule has 0 bridgehead atoms. The molecule has 0 saturated carbocycles. The highest BCUT2D eigenvalue weighted by atomic mass is 35.5. The Morgan fingerprint density at radius 3 is 2.58 bits per heavy atom. The number of amides is 1. The summed E-state index contributed by atoms with van der Waals surface area (Å²) >= 11 is 6.42. The van der Waals surface area contributed by atoms with Crippen molar-refractivity contribution in [2.24, 2.45) is 5.92 Å². The number of aryl methyl sites for hydroxylation is 1. The van der Waals surface area contributed by atoms with E-state index in [1.165, 1.54) is 6.08 Å². The minimum absolute atomic E-state index is 0.0501. The summed E-state index contributed by atoms with van der Waals surface area (Å²) in [5.41, 5.74) is 3.47. The lowest BCUT2D eigenvalue weighted by molar-refractivity contribution is -0.111. The van der Waals surface area contributed by atoms with Gasteiger partial charge in [0.25, 0.3) is 0 Å². The number of aromatic nitrogens is 2. The van der Waals surface area contributed by atoms with Crippen LogP contribution in [-0.2, 0) is 16.8 Å². The molecule has 1 aromatic carbocycles. The summed E-state index contributed by atoms with van der Waals surface area (Å²) in [4.78, 5) is 12.4. The Kier molecular flexibility index (Phi) is 6.30. The minimum atomic E-state index is -0.186. The summed E-state index contributed by atoms with van der Waals surface area (Å²) in [6.07, 6.45) is 3.24. The first kappa shape index (κ1) is 20.2. The molecule has 0 fully saturated rings. The first-order valence-electron chi connectivity index (χ1n) is 8.91. The Labute approximate surface area is 161 Å². The zero-order valence-electron chi connectivity index (χ0n) is 16.4. The second-order valence-electron chi connectivity index (χ2n) is 7.98. The van der Waals surface area contributed by atoms with Crippen molar-refractivity contribution in [3.63, 3.8) is 0 Å². The number of nitrogens with zero attached hydrogens (tertiary/aromatic N) is 2. The van der Waals surface area contributed by atoms with Gasteiger partial charge in [0.2, 0.25) is 5.91 Å². The van der Waals surface area contributed by atoms with Crippen LogP contribution in [-0.4, -0.2) is 15.7 Å². The third-order valence-corrected chi connectivity index (χ3v) is 4.44. The van der Waals surface area contributed by atoms with Crippen molar-refractivity contribution in [2.75, 3.05) is 5.32 Å². The summed E-state index contributed by atoms with van der Waals surface area (Å²) in [5.74, 6) is 0.259. The van der Waals surface area contributed by atoms with Crippen molar-refractivity contribution < 1.29 is 4.79 Å². The largest absolute Gasteiger partial charge is 0.322 e. The summed E-state index contributed by atoms with van der Waals surface area (Å²) in [6.45, 7) is 13.3. The number of anilines is 1. The van der Waals surface area contributed by atoms with E-state index < -0.39 is 0 Å². The second-order valence-corrected chi connectivity index (χ2v) is 8.34. The van der Waals surface area contributed by atoms with Gasteiger partial charge >= 0.3 is 0 Å². The number of rotatable bonds is 5. The predicted octanol–water partition coefficient (Wildman–Crippen LogP) is 5.45. The molecule has 1 aromatic heterocycles. The third-order valence-electron chi connectivity index (χ3n) is 4.04. The molecule has 2 aromatic rings. The lowest BCUT2D eigenvalue weighted by Gasteiger charge is -2.22. The maximum Gasteiger partial charge on any atom is 0.248 e. The van der Waals surface area contributed by atoms with Gasteiger partial charge in [-0.15, -0.1) is 0 Å². The number of carbonyl (C=O) groups excluding carboxylic acids is 1. The number of hydrogen-bond acceptors (Lipinski definition) is 2. The lowest BCUT2D eigenvalue weighted by atomic mass is 9.86. The molecule has 0 unspecified atom stereocenters. The highest BCUT2D eigenvalue weighted by Gasteiger charge is 2.18. The van der Waals surface area contributed by atoms with Crippen molar-refractivity contribution in [2.45, 2.75) is 53.5 Å². The molecule has 1 amide bonds. The van der Waals surface area contributed by atoms with E-state index in [9.17, 15) is 4.79 Å². The van der Waals surface area contributed by atoms with Crippen LogP contribution in [0.3, 0.4) is 0 Å². The minimum Gasteiger partial charge on any atom is -0.322 e. The van der Waals surface area contributed by atoms with Crippen LogP contribution in [0.5, 0.6) is 0 Å². The molecule has 0 atom stereocenters. The molecule has 0 aliphatic carbocycles. The maximum atomic E-state index is 12.4. The smallest absolute Gasteiger partial charge is 0.248 e. The standard InChI is InChI=1S/C21H28ClN3O/c1-14(2)13-25-20(22)16(15(3)24-25)11-12-19(26)23-18-10-8-7-9-17(18)21(4,5)6/h7-12,14H,13H2,1-6H3,(H,23,26)/b12-11+. The van der Waals surface area contributed by atoms with Crippen molar-refractivity contribution in [3.8, 4) is 0 Å². The van der Waals surface area contributed by atoms with Gasteiger partial charge in [-0.05, 0) is 36.0 Å². The van der Waals surface area contributed by atoms with Crippen LogP contribution in [0.25, 0.3) is 6.08 Å². The van der Waals surface area contributed by atoms with Gasteiger partial charge in [-0.25, -0.2) is 0 Å². The van der Waals surface area contributed by atoms with Crippen LogP contribution < -0.4 is 5.32 Å². The van der Waals surface area contributed by atoms with Crippen LogP contribution in [0, 0.1) is 12.8 Å². The Morgan fingerprint density at radius 1 is 1.31 bits per heavy atom. The monoisotopic (exact) mass is 373 g/mol. The van der Waals surface area contributed by atoms with E-state index >= 15 is 0 Å². The van der Waals surface area contributed by atoms with E-state index in [0.29, 0.717) is 11.1 Å². The van der Waals surface area contributed by atoms with Crippen LogP contribution in [0.2, 0.25) is 5.15 Å². The second kappa shape index (κ2) is 8.09. The molecule has 1 heterocycles. The normalized spacial score (nSPS) is 12.2. The van der Waals surface area contributed by atoms with Crippen molar-refractivity contribution >= 4 is 29.3 Å². The number of hydrogen-bond donors (Lipinski definition) is 1. The lowest BCUT2D eigenvalue weighted by Crippen LogP contribution is -2.17. The van der Waals surface area contributed by atoms with Gasteiger partial charge in [0, 0.05) is 23.9 Å². The van der Waals surface area contributed by atoms with Gasteiger partial charge in [0.15, 0.2) is 0 Å². The zero-order valence-corrected chi connectivity index (χ0v) is 17.2. The molecule has 0 radical (unpaired) electrons. The Morgan fingerprint density at radius 2 is 1.96 bits per heavy atom. The zero-order chi connectivity index (χ0) is 19.5. The van der Waals surface area contributed by atoms with Gasteiger partial charge in [-0.3, -0.25) is 9.48 Å². The first-order chi connectivity index (χ1) is 12.1. The molecule has 0 spiro atoms. The Bertz CT molecular complexity index is 813. The fraction of sp³-hybridized carbons (Fsp3) is 0.429. The SMILES string of the molecule is Cc1nn(CC(C)C)c(Cl)c1/C=C/C(=O)Nc1ccccc1C(C)(C)C. The molecule has 0 saturated heterocycles. The van der Waals surface area contributed by atoms with Crippen LogP contribution in [0.1, 0.15) is 51.4 Å². The van der Waals surface area contributed by atoms with Crippen molar-refractivity contribution in [1.29, 1.82) is 0 Å². The summed E-state index contributed by atoms with van der Waals surface area (Å²) < 4.78 is 1.79. The fourth-order valence-corrected chi connectivity index (χ4v) is 3.11. The van der Waals surface area contributed by atoms with Crippen molar-refractivity contribution in [3.05, 3.63) is 52.3 Å². The van der Waals surface area contributed by atoms with Gasteiger partial charge in [0.05, 0.1) is 5.69 Å². The van der Waals surface area contributed by atoms with Gasteiger partial charge in [-0.2, -0.15) is 5.10 Å². The predicted molar refractivity (Wildman–Crippen MR) is 110 cm³/mol. The molecule has 0 aliphatic rings. The molecule has 0 aliphatic heterocycles. The summed E-state index contributed by atoms with van der Waals surface area (Å²) in [7, 11) is 0. The van der Waals surface area contributed by atoms with Crippen LogP contribution >= 0.6 is 11.6 Å². The number of benzene rings is 1. The van der Waals surface area contributed by atoms with Gasteiger partial charge in [-0.1, -0.05) is 64.4 Å². The number of carbonyl (C=O) groups is 1. The molecule has 1 N–H and O–H groups in total. The molecular weight excluding hydrogens is 346 g/mol. The molecule has 26 heavy (non-hydrogen) atoms. The van der Waals surface area contributed by atoms with E-state index in [1.807, 2.05) is 31.2 Å². The quantitative estimate of drug-likeness (QED) is 0.708. The van der Waals surface area contributed by atoms with E-state index in [0.717, 1.165) is 29.1 Å². The van der Waals surface area contributed by atoms with Crippen molar-refractivity contribution in [1.82, 2.24) is 9.78 Å². The molecule has 2 rings (SSSR count). The number of para-hydroxylation sites is 1. The van der Waals surface area contributed by atoms with E-state index in [2.05, 4.69) is 45.0 Å². The van der Waals surface area contributed by atoms with E-state index in [1.54, 1.807) is 10.8 Å². The molecule has 140 valence electrons. The van der Waals surface area contributed by atoms with Gasteiger partial charge < -0.3 is 5.32 Å². The fourth-order valence-electron chi connectivity index (χ4n) is 2.80. The van der Waals surface area contributed by atoms with Gasteiger partial charge in [0.1, 0.15) is 5.15 Å². The Balaban J connectivity index is 2.18. The van der Waals surface area contributed by atoms with Crippen LogP contribution in [0.4, 0.5) is 5.69 Å². The summed E-state index contributed by atoms with van der Waals surface area (Å²) in [6, 6.07) is 7.87. The molecule has 5 heteroatoms.